The van der Waals surface area contributed by atoms with Gasteiger partial charge in [0.05, 0.1) is 13.2 Å². The second kappa shape index (κ2) is 23.0. The van der Waals surface area contributed by atoms with E-state index in [4.69, 9.17) is 9.47 Å². The number of alkyl carbamates (subject to hydrolysis) is 1. The van der Waals surface area contributed by atoms with Gasteiger partial charge in [-0.15, -0.1) is 0 Å². The summed E-state index contributed by atoms with van der Waals surface area (Å²) in [7, 11) is 0. The van der Waals surface area contributed by atoms with Crippen molar-refractivity contribution in [1.29, 1.82) is 0 Å². The topological polar surface area (TPSA) is 64.6 Å². The number of unbranched alkanes of at least 4 members (excludes halogenated alkanes) is 15. The van der Waals surface area contributed by atoms with Crippen LogP contribution in [-0.4, -0.2) is 31.8 Å². The molecule has 0 spiro atoms. The van der Waals surface area contributed by atoms with Crippen molar-refractivity contribution in [2.24, 2.45) is 0 Å². The van der Waals surface area contributed by atoms with Gasteiger partial charge in [-0.05, 0) is 12.8 Å². The maximum atomic E-state index is 11.5. The minimum absolute atomic E-state index is 0.124. The molecule has 1 N–H and O–H groups in total. The van der Waals surface area contributed by atoms with Crippen molar-refractivity contribution >= 4 is 12.1 Å². The molecular formula is C24H47NO4. The van der Waals surface area contributed by atoms with E-state index in [1.807, 2.05) is 6.92 Å². The molecule has 0 aliphatic rings. The molecule has 0 saturated heterocycles. The number of carbonyl (C=O) groups excluding carboxylic acids is 2. The molecule has 0 fully saturated rings. The van der Waals surface area contributed by atoms with E-state index in [0.29, 0.717) is 13.2 Å². The van der Waals surface area contributed by atoms with Gasteiger partial charge in [-0.3, -0.25) is 4.79 Å². The summed E-state index contributed by atoms with van der Waals surface area (Å²) in [5.74, 6) is -0.403. The molecule has 0 radical (unpaired) electrons. The number of hydrogen-bond acceptors (Lipinski definition) is 4. The Bertz CT molecular complexity index is 374. The first-order valence-electron chi connectivity index (χ1n) is 12.3. The highest BCUT2D eigenvalue weighted by Crippen LogP contribution is 2.13. The number of carbonyl (C=O) groups is 2. The second-order valence-corrected chi connectivity index (χ2v) is 8.01. The Hall–Kier alpha value is -1.26. The van der Waals surface area contributed by atoms with Crippen LogP contribution in [0.2, 0.25) is 0 Å². The Kier molecular flexibility index (Phi) is 22.0. The fraction of sp³-hybridized carbons (Fsp3) is 0.917. The van der Waals surface area contributed by atoms with Crippen LogP contribution >= 0.6 is 0 Å². The van der Waals surface area contributed by atoms with E-state index in [-0.39, 0.29) is 6.54 Å². The van der Waals surface area contributed by atoms with Crippen LogP contribution < -0.4 is 5.32 Å². The lowest BCUT2D eigenvalue weighted by atomic mass is 10.0. The van der Waals surface area contributed by atoms with Gasteiger partial charge in [-0.1, -0.05) is 110 Å². The van der Waals surface area contributed by atoms with Crippen molar-refractivity contribution in [3.05, 3.63) is 0 Å². The number of esters is 1. The summed E-state index contributed by atoms with van der Waals surface area (Å²) in [6.45, 7) is 4.86. The smallest absolute Gasteiger partial charge is 0.407 e. The quantitative estimate of drug-likeness (QED) is 0.164. The van der Waals surface area contributed by atoms with Crippen molar-refractivity contribution in [3.63, 3.8) is 0 Å². The molecule has 0 rings (SSSR count). The first-order valence-corrected chi connectivity index (χ1v) is 12.3. The highest BCUT2D eigenvalue weighted by atomic mass is 16.6. The van der Waals surface area contributed by atoms with Gasteiger partial charge in [0.15, 0.2) is 0 Å². The lowest BCUT2D eigenvalue weighted by molar-refractivity contribution is -0.142. The predicted octanol–water partition coefficient (Wildman–Crippen LogP) is 6.93. The van der Waals surface area contributed by atoms with E-state index >= 15 is 0 Å². The van der Waals surface area contributed by atoms with Gasteiger partial charge >= 0.3 is 12.1 Å². The van der Waals surface area contributed by atoms with E-state index in [9.17, 15) is 9.59 Å². The third-order valence-corrected chi connectivity index (χ3v) is 5.08. The summed E-state index contributed by atoms with van der Waals surface area (Å²) in [6, 6.07) is 0. The van der Waals surface area contributed by atoms with Crippen LogP contribution in [0.4, 0.5) is 4.79 Å². The summed E-state index contributed by atoms with van der Waals surface area (Å²) < 4.78 is 9.93. The molecule has 0 unspecified atom stereocenters. The van der Waals surface area contributed by atoms with Crippen molar-refractivity contribution < 1.29 is 19.1 Å². The van der Waals surface area contributed by atoms with Crippen molar-refractivity contribution in [2.75, 3.05) is 19.8 Å². The average molecular weight is 414 g/mol. The molecule has 5 heteroatoms. The average Bonchev–Trinajstić information content (AvgIpc) is 2.72. The summed E-state index contributed by atoms with van der Waals surface area (Å²) in [5, 5.41) is 2.39. The molecule has 0 aromatic rings. The molecule has 1 amide bonds. The van der Waals surface area contributed by atoms with Crippen LogP contribution in [0.1, 0.15) is 123 Å². The minimum Gasteiger partial charge on any atom is -0.464 e. The lowest BCUT2D eigenvalue weighted by Gasteiger charge is -2.07. The van der Waals surface area contributed by atoms with Crippen LogP contribution in [0.25, 0.3) is 0 Å². The number of hydrogen-bond donors (Lipinski definition) is 1. The van der Waals surface area contributed by atoms with Crippen LogP contribution in [0, 0.1) is 0 Å². The number of ether oxygens (including phenoxy) is 2. The highest BCUT2D eigenvalue weighted by molar-refractivity contribution is 5.77. The van der Waals surface area contributed by atoms with E-state index in [1.54, 1.807) is 0 Å². The summed E-state index contributed by atoms with van der Waals surface area (Å²) in [6.07, 6.45) is 21.4. The highest BCUT2D eigenvalue weighted by Gasteiger charge is 2.06. The molecule has 0 atom stereocenters. The fourth-order valence-electron chi connectivity index (χ4n) is 3.28. The van der Waals surface area contributed by atoms with Gasteiger partial charge in [0.25, 0.3) is 0 Å². The first kappa shape index (κ1) is 27.7. The monoisotopic (exact) mass is 413 g/mol. The van der Waals surface area contributed by atoms with Crippen LogP contribution in [0.5, 0.6) is 0 Å². The Morgan fingerprint density at radius 1 is 0.552 bits per heavy atom. The minimum atomic E-state index is -0.564. The largest absolute Gasteiger partial charge is 0.464 e. The van der Waals surface area contributed by atoms with Gasteiger partial charge in [0.2, 0.25) is 0 Å². The molecule has 0 aliphatic heterocycles. The summed E-state index contributed by atoms with van der Waals surface area (Å²) in [4.78, 5) is 22.7. The fourth-order valence-corrected chi connectivity index (χ4v) is 3.28. The van der Waals surface area contributed by atoms with E-state index in [1.165, 1.54) is 89.9 Å². The van der Waals surface area contributed by atoms with Crippen LogP contribution in [0.3, 0.4) is 0 Å². The van der Waals surface area contributed by atoms with Crippen LogP contribution in [-0.2, 0) is 14.3 Å². The zero-order valence-electron chi connectivity index (χ0n) is 19.3. The Morgan fingerprint density at radius 2 is 1.00 bits per heavy atom. The number of rotatable bonds is 21. The maximum Gasteiger partial charge on any atom is 0.407 e. The van der Waals surface area contributed by atoms with E-state index < -0.39 is 12.1 Å². The Morgan fingerprint density at radius 3 is 1.45 bits per heavy atom. The van der Waals surface area contributed by atoms with Gasteiger partial charge in [0, 0.05) is 0 Å². The molecule has 0 heterocycles. The third-order valence-electron chi connectivity index (χ3n) is 5.08. The Balaban J connectivity index is 3.18. The van der Waals surface area contributed by atoms with E-state index in [2.05, 4.69) is 12.2 Å². The summed E-state index contributed by atoms with van der Waals surface area (Å²) >= 11 is 0. The van der Waals surface area contributed by atoms with Gasteiger partial charge in [0.1, 0.15) is 6.54 Å². The van der Waals surface area contributed by atoms with Crippen LogP contribution in [0.15, 0.2) is 0 Å². The van der Waals surface area contributed by atoms with Gasteiger partial charge < -0.3 is 14.8 Å². The molecule has 0 aromatic carbocycles. The SMILES string of the molecule is CCCCCCCCCCCCCCCCCCOC(=O)CNC(=O)OCCC. The first-order chi connectivity index (χ1) is 14.2. The number of nitrogens with one attached hydrogen (secondary N) is 1. The second-order valence-electron chi connectivity index (χ2n) is 8.01. The van der Waals surface area contributed by atoms with Gasteiger partial charge in [-0.25, -0.2) is 4.79 Å². The van der Waals surface area contributed by atoms with Gasteiger partial charge in [-0.2, -0.15) is 0 Å². The molecular weight excluding hydrogens is 366 g/mol. The van der Waals surface area contributed by atoms with E-state index in [0.717, 1.165) is 19.3 Å². The standard InChI is InChI=1S/C24H47NO4/c1-3-5-6-7-8-9-10-11-12-13-14-15-16-17-18-19-21-28-23(26)22-25-24(27)29-20-4-2/h3-22H2,1-2H3,(H,25,27). The summed E-state index contributed by atoms with van der Waals surface area (Å²) in [5.41, 5.74) is 0. The van der Waals surface area contributed by atoms with Crippen molar-refractivity contribution in [3.8, 4) is 0 Å². The molecule has 0 bridgehead atoms. The lowest BCUT2D eigenvalue weighted by Crippen LogP contribution is -2.31. The molecule has 172 valence electrons. The third kappa shape index (κ3) is 22.9. The zero-order chi connectivity index (χ0) is 21.4. The maximum absolute atomic E-state index is 11.5. The molecule has 5 nitrogen and oxygen atoms in total. The Labute approximate surface area is 179 Å². The molecule has 29 heavy (non-hydrogen) atoms. The molecule has 0 saturated carbocycles. The van der Waals surface area contributed by atoms with Crippen molar-refractivity contribution in [2.45, 2.75) is 123 Å². The zero-order valence-corrected chi connectivity index (χ0v) is 19.3. The molecule has 0 aromatic heterocycles. The normalized spacial score (nSPS) is 10.7. The van der Waals surface area contributed by atoms with Crippen molar-refractivity contribution in [1.82, 2.24) is 5.32 Å². The predicted molar refractivity (Wildman–Crippen MR) is 120 cm³/mol. The molecule has 0 aliphatic carbocycles. The number of amides is 1.